The van der Waals surface area contributed by atoms with E-state index >= 15 is 0 Å². The summed E-state index contributed by atoms with van der Waals surface area (Å²) >= 11 is 0. The number of pyridine rings is 1. The minimum atomic E-state index is -4.60. The first kappa shape index (κ1) is 29.9. The molecular weight excluding hydrogens is 577 g/mol. The largest absolute Gasteiger partial charge is 0.416 e. The molecule has 3 N–H and O–H groups in total. The monoisotopic (exact) mass is 604 g/mol. The van der Waals surface area contributed by atoms with E-state index in [0.717, 1.165) is 23.9 Å². The molecule has 0 saturated heterocycles. The minimum Gasteiger partial charge on any atom is -0.358 e. The van der Waals surface area contributed by atoms with Crippen molar-refractivity contribution in [2.24, 2.45) is 0 Å². The topological polar surface area (TPSA) is 132 Å². The van der Waals surface area contributed by atoms with Crippen molar-refractivity contribution in [1.82, 2.24) is 20.3 Å². The zero-order valence-corrected chi connectivity index (χ0v) is 23.9. The fourth-order valence-corrected chi connectivity index (χ4v) is 4.52. The predicted octanol–water partition coefficient (Wildman–Crippen LogP) is 5.20. The molecule has 0 bridgehead atoms. The first-order valence-electron chi connectivity index (χ1n) is 13.4. The summed E-state index contributed by atoms with van der Waals surface area (Å²) in [7, 11) is 1.45. The Morgan fingerprint density at radius 2 is 1.75 bits per heavy atom. The van der Waals surface area contributed by atoms with Crippen molar-refractivity contribution in [3.63, 3.8) is 0 Å². The Balaban J connectivity index is 1.44. The van der Waals surface area contributed by atoms with E-state index in [-0.39, 0.29) is 36.1 Å². The summed E-state index contributed by atoms with van der Waals surface area (Å²) in [6, 6.07) is 12.0. The molecule has 1 aliphatic heterocycles. The Bertz CT molecular complexity index is 1740. The first-order valence-corrected chi connectivity index (χ1v) is 13.4. The molecule has 2 aromatic carbocycles. The number of amides is 4. The summed E-state index contributed by atoms with van der Waals surface area (Å²) in [4.78, 5) is 54.9. The van der Waals surface area contributed by atoms with E-state index in [1.807, 2.05) is 19.1 Å². The molecule has 0 spiro atoms. The third-order valence-electron chi connectivity index (χ3n) is 6.85. The molecule has 0 aliphatic carbocycles. The highest BCUT2D eigenvalue weighted by Gasteiger charge is 2.35. The molecule has 44 heavy (non-hydrogen) atoms. The van der Waals surface area contributed by atoms with E-state index in [1.165, 1.54) is 22.9 Å². The van der Waals surface area contributed by atoms with Crippen LogP contribution in [0.15, 0.2) is 67.0 Å². The number of anilines is 5. The molecule has 3 heterocycles. The SMILES string of the molecule is CNC(=O)CN1C(=O)N(c2cc(NC(=O)c3cccc(C(F)(F)F)c3)ccc2C)Cc2cnc(Nc3ccc(C)nc3)nc21. The van der Waals surface area contributed by atoms with Crippen molar-refractivity contribution in [3.05, 3.63) is 94.9 Å². The standard InChI is InChI=1S/C30H27F3N8O3/c1-17-7-9-22(37-27(43)19-5-4-6-21(11-19)30(31,32)33)12-24(17)40-15-20-13-36-28(38-23-10-8-18(2)35-14-23)39-26(20)41(29(40)44)16-25(42)34-3/h4-14H,15-16H2,1-3H3,(H,34,42)(H,37,43)(H,36,38,39). The number of alkyl halides is 3. The lowest BCUT2D eigenvalue weighted by Gasteiger charge is -2.36. The highest BCUT2D eigenvalue weighted by Crippen LogP contribution is 2.34. The van der Waals surface area contributed by atoms with Crippen LogP contribution < -0.4 is 25.8 Å². The number of rotatable bonds is 7. The highest BCUT2D eigenvalue weighted by molar-refractivity contribution is 6.09. The van der Waals surface area contributed by atoms with Gasteiger partial charge in [0, 0.05) is 35.8 Å². The Hall–Kier alpha value is -5.53. The van der Waals surface area contributed by atoms with Crippen molar-refractivity contribution >= 4 is 46.7 Å². The number of likely N-dealkylation sites (N-methyl/N-ethyl adjacent to an activating group) is 1. The molecule has 0 fully saturated rings. The van der Waals surface area contributed by atoms with Crippen molar-refractivity contribution in [3.8, 4) is 0 Å². The van der Waals surface area contributed by atoms with E-state index in [1.54, 1.807) is 37.5 Å². The zero-order valence-electron chi connectivity index (χ0n) is 23.9. The van der Waals surface area contributed by atoms with Gasteiger partial charge in [0.2, 0.25) is 11.9 Å². The number of urea groups is 1. The molecular formula is C30H27F3N8O3. The van der Waals surface area contributed by atoms with E-state index in [0.29, 0.717) is 22.5 Å². The van der Waals surface area contributed by atoms with Gasteiger partial charge in [0.1, 0.15) is 12.4 Å². The molecule has 0 unspecified atom stereocenters. The summed E-state index contributed by atoms with van der Waals surface area (Å²) in [5.74, 6) is -0.729. The van der Waals surface area contributed by atoms with Crippen LogP contribution >= 0.6 is 0 Å². The van der Waals surface area contributed by atoms with Crippen LogP contribution in [-0.2, 0) is 17.5 Å². The molecule has 4 amide bonds. The van der Waals surface area contributed by atoms with Gasteiger partial charge in [0.05, 0.1) is 29.7 Å². The number of halogens is 3. The maximum atomic E-state index is 13.9. The third-order valence-corrected chi connectivity index (χ3v) is 6.85. The van der Waals surface area contributed by atoms with Crippen molar-refractivity contribution in [2.45, 2.75) is 26.6 Å². The Labute approximate surface area is 250 Å². The number of aromatic nitrogens is 3. The lowest BCUT2D eigenvalue weighted by Crippen LogP contribution is -2.51. The Kier molecular flexibility index (Phi) is 8.16. The minimum absolute atomic E-state index is 0.0522. The van der Waals surface area contributed by atoms with Gasteiger partial charge in [0.25, 0.3) is 5.91 Å². The second-order valence-corrected chi connectivity index (χ2v) is 10.0. The van der Waals surface area contributed by atoms with Crippen LogP contribution in [0.3, 0.4) is 0 Å². The van der Waals surface area contributed by atoms with Crippen molar-refractivity contribution in [1.29, 1.82) is 0 Å². The van der Waals surface area contributed by atoms with Gasteiger partial charge in [-0.1, -0.05) is 12.1 Å². The van der Waals surface area contributed by atoms with Crippen LogP contribution in [0, 0.1) is 13.8 Å². The number of hydrogen-bond donors (Lipinski definition) is 3. The number of carbonyl (C=O) groups excluding carboxylic acids is 3. The van der Waals surface area contributed by atoms with E-state index in [2.05, 4.69) is 30.9 Å². The van der Waals surface area contributed by atoms with E-state index in [4.69, 9.17) is 0 Å². The smallest absolute Gasteiger partial charge is 0.358 e. The van der Waals surface area contributed by atoms with Gasteiger partial charge >= 0.3 is 12.2 Å². The van der Waals surface area contributed by atoms with Crippen molar-refractivity contribution < 1.29 is 27.6 Å². The van der Waals surface area contributed by atoms with Crippen LogP contribution in [-0.4, -0.2) is 46.4 Å². The summed E-state index contributed by atoms with van der Waals surface area (Å²) in [6.07, 6.45) is -1.43. The van der Waals surface area contributed by atoms with Crippen LogP contribution in [0.25, 0.3) is 0 Å². The van der Waals surface area contributed by atoms with Gasteiger partial charge in [-0.3, -0.25) is 24.4 Å². The molecule has 11 nitrogen and oxygen atoms in total. The fourth-order valence-electron chi connectivity index (χ4n) is 4.52. The van der Waals surface area contributed by atoms with Gasteiger partial charge in [-0.25, -0.2) is 9.78 Å². The van der Waals surface area contributed by atoms with E-state index in [9.17, 15) is 27.6 Å². The maximum absolute atomic E-state index is 13.9. The lowest BCUT2D eigenvalue weighted by atomic mass is 10.1. The summed E-state index contributed by atoms with van der Waals surface area (Å²) < 4.78 is 39.5. The lowest BCUT2D eigenvalue weighted by molar-refractivity contribution is -0.137. The predicted molar refractivity (Wildman–Crippen MR) is 158 cm³/mol. The highest BCUT2D eigenvalue weighted by atomic mass is 19.4. The molecule has 0 atom stereocenters. The summed E-state index contributed by atoms with van der Waals surface area (Å²) in [5, 5.41) is 8.16. The molecule has 226 valence electrons. The van der Waals surface area contributed by atoms with Crippen LogP contribution in [0.2, 0.25) is 0 Å². The molecule has 14 heteroatoms. The number of benzene rings is 2. The number of carbonyl (C=O) groups is 3. The van der Waals surface area contributed by atoms with Crippen LogP contribution in [0.5, 0.6) is 0 Å². The number of hydrogen-bond acceptors (Lipinski definition) is 7. The normalized spacial score (nSPS) is 12.9. The molecule has 4 aromatic rings. The molecule has 2 aromatic heterocycles. The summed E-state index contributed by atoms with van der Waals surface area (Å²) in [6.45, 7) is 3.34. The van der Waals surface area contributed by atoms with E-state index < -0.39 is 29.6 Å². The van der Waals surface area contributed by atoms with Gasteiger partial charge in [-0.15, -0.1) is 0 Å². The van der Waals surface area contributed by atoms with Gasteiger partial charge in [-0.2, -0.15) is 18.2 Å². The van der Waals surface area contributed by atoms with Crippen LogP contribution in [0.1, 0.15) is 32.7 Å². The van der Waals surface area contributed by atoms with Gasteiger partial charge in [0.15, 0.2) is 0 Å². The molecule has 0 saturated carbocycles. The zero-order chi connectivity index (χ0) is 31.6. The third kappa shape index (κ3) is 6.43. The number of nitrogens with zero attached hydrogens (tertiary/aromatic N) is 5. The second kappa shape index (κ2) is 12.0. The van der Waals surface area contributed by atoms with Crippen LogP contribution in [0.4, 0.5) is 46.8 Å². The molecule has 0 radical (unpaired) electrons. The maximum Gasteiger partial charge on any atom is 0.416 e. The number of aryl methyl sites for hydroxylation is 2. The second-order valence-electron chi connectivity index (χ2n) is 10.0. The molecule has 5 rings (SSSR count). The Morgan fingerprint density at radius 3 is 2.45 bits per heavy atom. The van der Waals surface area contributed by atoms with Gasteiger partial charge < -0.3 is 16.0 Å². The quantitative estimate of drug-likeness (QED) is 0.264. The Morgan fingerprint density at radius 1 is 0.977 bits per heavy atom. The summed E-state index contributed by atoms with van der Waals surface area (Å²) in [5.41, 5.74) is 2.24. The number of nitrogens with one attached hydrogen (secondary N) is 3. The van der Waals surface area contributed by atoms with Gasteiger partial charge in [-0.05, 0) is 61.9 Å². The number of fused-ring (bicyclic) bond motifs is 1. The first-order chi connectivity index (χ1) is 20.9. The average Bonchev–Trinajstić information content (AvgIpc) is 3.00. The molecule has 1 aliphatic rings. The fraction of sp³-hybridized carbons (Fsp3) is 0.200. The van der Waals surface area contributed by atoms with Crippen molar-refractivity contribution in [2.75, 3.05) is 34.0 Å². The average molecular weight is 605 g/mol.